The molecule has 0 bridgehead atoms. The van der Waals surface area contributed by atoms with Crippen LogP contribution in [0.15, 0.2) is 42.5 Å². The van der Waals surface area contributed by atoms with Crippen LogP contribution >= 0.6 is 0 Å². The van der Waals surface area contributed by atoms with Gasteiger partial charge in [-0.2, -0.15) is 0 Å². The van der Waals surface area contributed by atoms with Crippen LogP contribution in [-0.4, -0.2) is 11.5 Å². The number of nitro groups is 1. The van der Waals surface area contributed by atoms with Gasteiger partial charge in [-0.05, 0) is 36.2 Å². The zero-order chi connectivity index (χ0) is 14.8. The number of nitro benzene ring substituents is 1. The summed E-state index contributed by atoms with van der Waals surface area (Å²) < 4.78 is 5.50. The molecule has 3 rings (SSSR count). The fourth-order valence-corrected chi connectivity index (χ4v) is 2.52. The summed E-state index contributed by atoms with van der Waals surface area (Å²) in [5, 5.41) is 14.1. The highest BCUT2D eigenvalue weighted by atomic mass is 16.6. The summed E-state index contributed by atoms with van der Waals surface area (Å²) in [6, 6.07) is 12.8. The van der Waals surface area contributed by atoms with Gasteiger partial charge in [0.05, 0.1) is 11.5 Å². The summed E-state index contributed by atoms with van der Waals surface area (Å²) in [4.78, 5) is 10.4. The van der Waals surface area contributed by atoms with E-state index >= 15 is 0 Å². The van der Waals surface area contributed by atoms with E-state index in [0.717, 1.165) is 30.0 Å². The molecular formula is C16H16N2O3. The topological polar surface area (TPSA) is 64.4 Å². The Bertz CT molecular complexity index is 685. The predicted molar refractivity (Wildman–Crippen MR) is 80.8 cm³/mol. The standard InChI is InChI=1S/C16H16N2O3/c1-11(12-5-6-16-13(9-12)7-8-21-16)17-14-3-2-4-15(10-14)18(19)20/h2-6,9-11,17H,7-8H2,1H3. The van der Waals surface area contributed by atoms with Gasteiger partial charge in [0, 0.05) is 30.3 Å². The Hall–Kier alpha value is -2.56. The van der Waals surface area contributed by atoms with Crippen molar-refractivity contribution < 1.29 is 9.66 Å². The summed E-state index contributed by atoms with van der Waals surface area (Å²) in [7, 11) is 0. The predicted octanol–water partition coefficient (Wildman–Crippen LogP) is 3.70. The lowest BCUT2D eigenvalue weighted by atomic mass is 10.0. The summed E-state index contributed by atoms with van der Waals surface area (Å²) in [6.45, 7) is 2.78. The maximum atomic E-state index is 10.8. The zero-order valence-electron chi connectivity index (χ0n) is 11.7. The molecule has 0 fully saturated rings. The first-order valence-corrected chi connectivity index (χ1v) is 6.90. The molecule has 108 valence electrons. The van der Waals surface area contributed by atoms with E-state index < -0.39 is 0 Å². The molecule has 2 aromatic carbocycles. The SMILES string of the molecule is CC(Nc1cccc([N+](=O)[O-])c1)c1ccc2c(c1)CCO2. The average molecular weight is 284 g/mol. The van der Waals surface area contributed by atoms with Crippen LogP contribution in [0.3, 0.4) is 0 Å². The van der Waals surface area contributed by atoms with Crippen molar-refractivity contribution in [3.63, 3.8) is 0 Å². The quantitative estimate of drug-likeness (QED) is 0.686. The molecular weight excluding hydrogens is 268 g/mol. The normalized spacial score (nSPS) is 14.1. The minimum atomic E-state index is -0.386. The minimum absolute atomic E-state index is 0.0675. The first-order chi connectivity index (χ1) is 10.1. The molecule has 0 aromatic heterocycles. The number of benzene rings is 2. The molecule has 1 unspecified atom stereocenters. The molecule has 5 heteroatoms. The third-order valence-electron chi connectivity index (χ3n) is 3.65. The largest absolute Gasteiger partial charge is 0.493 e. The van der Waals surface area contributed by atoms with Gasteiger partial charge in [-0.15, -0.1) is 0 Å². The lowest BCUT2D eigenvalue weighted by molar-refractivity contribution is -0.384. The zero-order valence-corrected chi connectivity index (χ0v) is 11.7. The Morgan fingerprint density at radius 3 is 2.95 bits per heavy atom. The van der Waals surface area contributed by atoms with Gasteiger partial charge in [-0.1, -0.05) is 12.1 Å². The van der Waals surface area contributed by atoms with E-state index in [4.69, 9.17) is 4.74 Å². The molecule has 1 aliphatic rings. The molecule has 1 N–H and O–H groups in total. The van der Waals surface area contributed by atoms with Crippen molar-refractivity contribution in [2.24, 2.45) is 0 Å². The Morgan fingerprint density at radius 1 is 1.29 bits per heavy atom. The van der Waals surface area contributed by atoms with Crippen LogP contribution in [0.1, 0.15) is 24.1 Å². The van der Waals surface area contributed by atoms with Crippen molar-refractivity contribution in [1.29, 1.82) is 0 Å². The smallest absolute Gasteiger partial charge is 0.271 e. The van der Waals surface area contributed by atoms with Crippen molar-refractivity contribution in [2.75, 3.05) is 11.9 Å². The summed E-state index contributed by atoms with van der Waals surface area (Å²) in [6.07, 6.45) is 0.937. The van der Waals surface area contributed by atoms with Crippen molar-refractivity contribution >= 4 is 11.4 Å². The Kier molecular flexibility index (Phi) is 3.48. The monoisotopic (exact) mass is 284 g/mol. The molecule has 0 aliphatic carbocycles. The molecule has 1 heterocycles. The number of nitrogens with one attached hydrogen (secondary N) is 1. The fourth-order valence-electron chi connectivity index (χ4n) is 2.52. The third kappa shape index (κ3) is 2.81. The van der Waals surface area contributed by atoms with Crippen LogP contribution in [0.5, 0.6) is 5.75 Å². The molecule has 21 heavy (non-hydrogen) atoms. The molecule has 1 atom stereocenters. The number of hydrogen-bond donors (Lipinski definition) is 1. The van der Waals surface area contributed by atoms with E-state index in [0.29, 0.717) is 0 Å². The highest BCUT2D eigenvalue weighted by Crippen LogP contribution is 2.29. The molecule has 0 amide bonds. The first kappa shape index (κ1) is 13.4. The number of rotatable bonds is 4. The van der Waals surface area contributed by atoms with E-state index in [-0.39, 0.29) is 16.7 Å². The lowest BCUT2D eigenvalue weighted by Crippen LogP contribution is -2.07. The summed E-state index contributed by atoms with van der Waals surface area (Å²) >= 11 is 0. The van der Waals surface area contributed by atoms with Gasteiger partial charge in [-0.25, -0.2) is 0 Å². The molecule has 2 aromatic rings. The second kappa shape index (κ2) is 5.44. The summed E-state index contributed by atoms with van der Waals surface area (Å²) in [5.41, 5.74) is 3.20. The average Bonchev–Trinajstić information content (AvgIpc) is 2.94. The van der Waals surface area contributed by atoms with E-state index in [1.54, 1.807) is 12.1 Å². The number of ether oxygens (including phenoxy) is 1. The number of fused-ring (bicyclic) bond motifs is 1. The van der Waals surface area contributed by atoms with Gasteiger partial charge in [0.1, 0.15) is 5.75 Å². The van der Waals surface area contributed by atoms with Crippen LogP contribution in [0.4, 0.5) is 11.4 Å². The van der Waals surface area contributed by atoms with Crippen molar-refractivity contribution in [3.05, 3.63) is 63.7 Å². The third-order valence-corrected chi connectivity index (χ3v) is 3.65. The highest BCUT2D eigenvalue weighted by Gasteiger charge is 2.15. The van der Waals surface area contributed by atoms with E-state index in [2.05, 4.69) is 11.4 Å². The van der Waals surface area contributed by atoms with Crippen LogP contribution in [0, 0.1) is 10.1 Å². The van der Waals surface area contributed by atoms with Crippen LogP contribution in [0.2, 0.25) is 0 Å². The van der Waals surface area contributed by atoms with E-state index in [1.807, 2.05) is 25.1 Å². The fraction of sp³-hybridized carbons (Fsp3) is 0.250. The van der Waals surface area contributed by atoms with Crippen LogP contribution < -0.4 is 10.1 Å². The van der Waals surface area contributed by atoms with Crippen LogP contribution in [0.25, 0.3) is 0 Å². The Balaban J connectivity index is 1.78. The van der Waals surface area contributed by atoms with Gasteiger partial charge >= 0.3 is 0 Å². The van der Waals surface area contributed by atoms with Crippen molar-refractivity contribution in [3.8, 4) is 5.75 Å². The Morgan fingerprint density at radius 2 is 2.14 bits per heavy atom. The van der Waals surface area contributed by atoms with Gasteiger partial charge in [0.2, 0.25) is 0 Å². The van der Waals surface area contributed by atoms with E-state index in [9.17, 15) is 10.1 Å². The maximum Gasteiger partial charge on any atom is 0.271 e. The molecule has 0 saturated carbocycles. The molecule has 0 saturated heterocycles. The van der Waals surface area contributed by atoms with Gasteiger partial charge < -0.3 is 10.1 Å². The van der Waals surface area contributed by atoms with Crippen LogP contribution in [-0.2, 0) is 6.42 Å². The molecule has 0 spiro atoms. The maximum absolute atomic E-state index is 10.8. The van der Waals surface area contributed by atoms with Crippen molar-refractivity contribution in [2.45, 2.75) is 19.4 Å². The minimum Gasteiger partial charge on any atom is -0.493 e. The number of nitrogens with zero attached hydrogens (tertiary/aromatic N) is 1. The lowest BCUT2D eigenvalue weighted by Gasteiger charge is -2.16. The van der Waals surface area contributed by atoms with Crippen molar-refractivity contribution in [1.82, 2.24) is 0 Å². The molecule has 5 nitrogen and oxygen atoms in total. The number of anilines is 1. The first-order valence-electron chi connectivity index (χ1n) is 6.90. The summed E-state index contributed by atoms with van der Waals surface area (Å²) in [5.74, 6) is 0.960. The van der Waals surface area contributed by atoms with E-state index in [1.165, 1.54) is 11.6 Å². The highest BCUT2D eigenvalue weighted by molar-refractivity contribution is 5.52. The van der Waals surface area contributed by atoms with Gasteiger partial charge in [-0.3, -0.25) is 10.1 Å². The second-order valence-corrected chi connectivity index (χ2v) is 5.14. The Labute approximate surface area is 122 Å². The number of hydrogen-bond acceptors (Lipinski definition) is 4. The number of non-ortho nitro benzene ring substituents is 1. The molecule has 1 aliphatic heterocycles. The molecule has 0 radical (unpaired) electrons. The van der Waals surface area contributed by atoms with Gasteiger partial charge in [0.15, 0.2) is 0 Å². The second-order valence-electron chi connectivity index (χ2n) is 5.14. The van der Waals surface area contributed by atoms with Gasteiger partial charge in [0.25, 0.3) is 5.69 Å².